The summed E-state index contributed by atoms with van der Waals surface area (Å²) in [7, 11) is 0. The van der Waals surface area contributed by atoms with Crippen molar-refractivity contribution in [2.45, 2.75) is 25.0 Å². The Morgan fingerprint density at radius 2 is 1.95 bits per heavy atom. The fourth-order valence-electron chi connectivity index (χ4n) is 1.83. The molecule has 1 aliphatic heterocycles. The van der Waals surface area contributed by atoms with Crippen molar-refractivity contribution in [2.24, 2.45) is 5.73 Å². The first-order chi connectivity index (χ1) is 8.99. The average molecular weight is 305 g/mol. The lowest BCUT2D eigenvalue weighted by atomic mass is 9.92. The van der Waals surface area contributed by atoms with Crippen LogP contribution in [0.25, 0.3) is 0 Å². The molecule has 1 aromatic heterocycles. The van der Waals surface area contributed by atoms with Gasteiger partial charge in [-0.3, -0.25) is 4.79 Å². The van der Waals surface area contributed by atoms with Gasteiger partial charge in [-0.1, -0.05) is 23.2 Å². The molecular weight excluding hydrogens is 291 g/mol. The predicted octanol–water partition coefficient (Wildman–Crippen LogP) is 1.94. The lowest BCUT2D eigenvalue weighted by Crippen LogP contribution is -2.52. The fourth-order valence-corrected chi connectivity index (χ4v) is 2.34. The van der Waals surface area contributed by atoms with E-state index in [2.05, 4.69) is 4.98 Å². The number of carbonyl (C=O) groups is 1. The van der Waals surface area contributed by atoms with Crippen LogP contribution in [0.2, 0.25) is 10.3 Å². The normalized spacial score (nSPS) is 18.1. The van der Waals surface area contributed by atoms with E-state index >= 15 is 0 Å². The second-order valence-electron chi connectivity index (χ2n) is 4.47. The number of esters is 1. The molecule has 5 nitrogen and oxygen atoms in total. The van der Waals surface area contributed by atoms with E-state index < -0.39 is 11.5 Å². The number of hydrogen-bond donors (Lipinski definition) is 1. The number of hydrogen-bond acceptors (Lipinski definition) is 5. The van der Waals surface area contributed by atoms with E-state index in [4.69, 9.17) is 38.4 Å². The van der Waals surface area contributed by atoms with E-state index in [-0.39, 0.29) is 16.9 Å². The Balaban J connectivity index is 1.96. The summed E-state index contributed by atoms with van der Waals surface area (Å²) in [6.45, 7) is 1.01. The van der Waals surface area contributed by atoms with Crippen molar-refractivity contribution in [2.75, 3.05) is 13.2 Å². The second-order valence-corrected chi connectivity index (χ2v) is 5.24. The molecule has 0 spiro atoms. The van der Waals surface area contributed by atoms with Gasteiger partial charge in [0, 0.05) is 13.2 Å². The van der Waals surface area contributed by atoms with Crippen LogP contribution < -0.4 is 5.73 Å². The van der Waals surface area contributed by atoms with Crippen molar-refractivity contribution in [1.82, 2.24) is 4.98 Å². The van der Waals surface area contributed by atoms with E-state index in [1.165, 1.54) is 0 Å². The molecule has 7 heteroatoms. The summed E-state index contributed by atoms with van der Waals surface area (Å²) in [6, 6.07) is 3.18. The first kappa shape index (κ1) is 14.5. The molecule has 0 radical (unpaired) electrons. The van der Waals surface area contributed by atoms with Gasteiger partial charge in [0.15, 0.2) is 0 Å². The zero-order valence-corrected chi connectivity index (χ0v) is 11.7. The summed E-state index contributed by atoms with van der Waals surface area (Å²) < 4.78 is 10.4. The van der Waals surface area contributed by atoms with E-state index in [1.807, 2.05) is 0 Å². The lowest BCUT2D eigenvalue weighted by Gasteiger charge is -2.30. The molecule has 0 aromatic carbocycles. The van der Waals surface area contributed by atoms with Gasteiger partial charge in [-0.25, -0.2) is 4.98 Å². The highest BCUT2D eigenvalue weighted by Crippen LogP contribution is 2.21. The molecular formula is C12H14Cl2N2O3. The highest BCUT2D eigenvalue weighted by atomic mass is 35.5. The van der Waals surface area contributed by atoms with Crippen molar-refractivity contribution in [3.8, 4) is 0 Å². The van der Waals surface area contributed by atoms with Crippen LogP contribution in [0.15, 0.2) is 12.1 Å². The molecule has 1 aromatic rings. The van der Waals surface area contributed by atoms with Crippen molar-refractivity contribution >= 4 is 29.2 Å². The first-order valence-corrected chi connectivity index (χ1v) is 6.61. The summed E-state index contributed by atoms with van der Waals surface area (Å²) in [5, 5.41) is 0.513. The highest BCUT2D eigenvalue weighted by Gasteiger charge is 2.37. The molecule has 2 rings (SSSR count). The minimum Gasteiger partial charge on any atom is -0.459 e. The van der Waals surface area contributed by atoms with Gasteiger partial charge in [0.05, 0.1) is 0 Å². The Labute approximate surface area is 121 Å². The second kappa shape index (κ2) is 6.05. The maximum atomic E-state index is 12.0. The van der Waals surface area contributed by atoms with Crippen LogP contribution in [0, 0.1) is 0 Å². The first-order valence-electron chi connectivity index (χ1n) is 5.85. The van der Waals surface area contributed by atoms with Gasteiger partial charge in [-0.15, -0.1) is 0 Å². The van der Waals surface area contributed by atoms with E-state index in [9.17, 15) is 4.79 Å². The number of carbonyl (C=O) groups excluding carboxylic acids is 1. The zero-order chi connectivity index (χ0) is 13.9. The SMILES string of the molecule is NC1(C(=O)OCc2cc(Cl)nc(Cl)c2)CCOCC1. The van der Waals surface area contributed by atoms with Crippen LogP contribution in [0.3, 0.4) is 0 Å². The number of nitrogens with zero attached hydrogens (tertiary/aromatic N) is 1. The van der Waals surface area contributed by atoms with Gasteiger partial charge < -0.3 is 15.2 Å². The average Bonchev–Trinajstić information content (AvgIpc) is 2.35. The molecule has 2 N–H and O–H groups in total. The van der Waals surface area contributed by atoms with Crippen LogP contribution in [-0.2, 0) is 20.9 Å². The van der Waals surface area contributed by atoms with Crippen LogP contribution >= 0.6 is 23.2 Å². The topological polar surface area (TPSA) is 74.4 Å². The van der Waals surface area contributed by atoms with Crippen LogP contribution in [0.4, 0.5) is 0 Å². The molecule has 0 aliphatic carbocycles. The summed E-state index contributed by atoms with van der Waals surface area (Å²) in [5.41, 5.74) is 5.72. The Bertz CT molecular complexity index is 456. The fraction of sp³-hybridized carbons (Fsp3) is 0.500. The number of ether oxygens (including phenoxy) is 2. The number of rotatable bonds is 3. The molecule has 0 bridgehead atoms. The maximum absolute atomic E-state index is 12.0. The van der Waals surface area contributed by atoms with Crippen LogP contribution in [0.1, 0.15) is 18.4 Å². The third-order valence-electron chi connectivity index (χ3n) is 2.98. The van der Waals surface area contributed by atoms with Gasteiger partial charge >= 0.3 is 5.97 Å². The minimum atomic E-state index is -0.959. The van der Waals surface area contributed by atoms with Gasteiger partial charge in [-0.2, -0.15) is 0 Å². The summed E-state index contributed by atoms with van der Waals surface area (Å²) in [6.07, 6.45) is 0.924. The largest absolute Gasteiger partial charge is 0.459 e. The van der Waals surface area contributed by atoms with Crippen LogP contribution in [0.5, 0.6) is 0 Å². The Morgan fingerprint density at radius 1 is 1.37 bits per heavy atom. The molecule has 0 saturated carbocycles. The standard InChI is InChI=1S/C12H14Cl2N2O3/c13-9-5-8(6-10(14)16-9)7-19-11(17)12(15)1-3-18-4-2-12/h5-6H,1-4,7,15H2. The maximum Gasteiger partial charge on any atom is 0.326 e. The van der Waals surface area contributed by atoms with E-state index in [1.54, 1.807) is 12.1 Å². The van der Waals surface area contributed by atoms with E-state index in [0.29, 0.717) is 31.6 Å². The Hall–Kier alpha value is -0.880. The molecule has 1 saturated heterocycles. The minimum absolute atomic E-state index is 0.0700. The molecule has 0 amide bonds. The molecule has 1 aliphatic rings. The molecule has 1 fully saturated rings. The van der Waals surface area contributed by atoms with Gasteiger partial charge in [0.25, 0.3) is 0 Å². The number of halogens is 2. The monoisotopic (exact) mass is 304 g/mol. The number of nitrogens with two attached hydrogens (primary N) is 1. The molecule has 0 atom stereocenters. The van der Waals surface area contributed by atoms with Crippen molar-refractivity contribution in [3.63, 3.8) is 0 Å². The van der Waals surface area contributed by atoms with Crippen LogP contribution in [-0.4, -0.2) is 29.7 Å². The number of aromatic nitrogens is 1. The molecule has 104 valence electrons. The Kier molecular flexibility index (Phi) is 4.62. The van der Waals surface area contributed by atoms with Crippen molar-refractivity contribution in [1.29, 1.82) is 0 Å². The third-order valence-corrected chi connectivity index (χ3v) is 3.37. The summed E-state index contributed by atoms with van der Waals surface area (Å²) in [5.74, 6) is -0.431. The Morgan fingerprint density at radius 3 is 2.53 bits per heavy atom. The quantitative estimate of drug-likeness (QED) is 0.682. The van der Waals surface area contributed by atoms with E-state index in [0.717, 1.165) is 0 Å². The van der Waals surface area contributed by atoms with Crippen molar-refractivity contribution < 1.29 is 14.3 Å². The predicted molar refractivity (Wildman–Crippen MR) is 71.0 cm³/mol. The molecule has 19 heavy (non-hydrogen) atoms. The summed E-state index contributed by atoms with van der Waals surface area (Å²) >= 11 is 11.5. The van der Waals surface area contributed by atoms with Gasteiger partial charge in [0.2, 0.25) is 0 Å². The van der Waals surface area contributed by atoms with Gasteiger partial charge in [0.1, 0.15) is 22.5 Å². The smallest absolute Gasteiger partial charge is 0.326 e. The molecule has 2 heterocycles. The highest BCUT2D eigenvalue weighted by molar-refractivity contribution is 6.32. The molecule has 0 unspecified atom stereocenters. The van der Waals surface area contributed by atoms with Crippen molar-refractivity contribution in [3.05, 3.63) is 28.0 Å². The zero-order valence-electron chi connectivity index (χ0n) is 10.2. The third kappa shape index (κ3) is 3.79. The lowest BCUT2D eigenvalue weighted by molar-refractivity contribution is -0.155. The number of pyridine rings is 1. The van der Waals surface area contributed by atoms with Gasteiger partial charge in [-0.05, 0) is 30.5 Å². The summed E-state index contributed by atoms with van der Waals surface area (Å²) in [4.78, 5) is 15.8.